The highest BCUT2D eigenvalue weighted by atomic mass is 32.2. The van der Waals surface area contributed by atoms with Crippen molar-refractivity contribution >= 4 is 27.3 Å². The maximum Gasteiger partial charge on any atom is 0.235 e. The van der Waals surface area contributed by atoms with Crippen LogP contribution in [0.3, 0.4) is 0 Å². The summed E-state index contributed by atoms with van der Waals surface area (Å²) in [5.74, 6) is -0.0200. The molecular weight excluding hydrogens is 386 g/mol. The first-order valence-electron chi connectivity index (χ1n) is 9.91. The van der Waals surface area contributed by atoms with Gasteiger partial charge in [0, 0.05) is 13.0 Å². The number of hydrogen-bond donors (Lipinski definition) is 1. The molecule has 6 nitrogen and oxygen atoms in total. The molecule has 0 saturated heterocycles. The number of nitrogens with zero attached hydrogens (tertiary/aromatic N) is 2. The Morgan fingerprint density at radius 1 is 1.17 bits per heavy atom. The normalized spacial score (nSPS) is 16.0. The van der Waals surface area contributed by atoms with E-state index < -0.39 is 10.0 Å². The van der Waals surface area contributed by atoms with Crippen LogP contribution < -0.4 is 9.62 Å². The molecule has 0 bridgehead atoms. The molecule has 1 aliphatic carbocycles. The van der Waals surface area contributed by atoms with Gasteiger partial charge in [-0.1, -0.05) is 24.3 Å². The molecule has 2 aliphatic rings. The van der Waals surface area contributed by atoms with E-state index >= 15 is 0 Å². The Kier molecular flexibility index (Phi) is 5.29. The van der Waals surface area contributed by atoms with E-state index in [9.17, 15) is 13.2 Å². The van der Waals surface area contributed by atoms with Gasteiger partial charge in [-0.3, -0.25) is 9.52 Å². The molecule has 1 aliphatic heterocycles. The zero-order valence-corrected chi connectivity index (χ0v) is 16.9. The Hall–Kier alpha value is -2.85. The fourth-order valence-corrected chi connectivity index (χ4v) is 5.12. The molecule has 1 amide bonds. The van der Waals surface area contributed by atoms with Gasteiger partial charge in [-0.05, 0) is 61.4 Å². The second kappa shape index (κ2) is 7.88. The molecule has 29 heavy (non-hydrogen) atoms. The van der Waals surface area contributed by atoms with Gasteiger partial charge in [-0.2, -0.15) is 5.26 Å². The van der Waals surface area contributed by atoms with Crippen molar-refractivity contribution in [3.8, 4) is 6.07 Å². The van der Waals surface area contributed by atoms with Crippen LogP contribution in [0, 0.1) is 11.3 Å². The molecule has 0 unspecified atom stereocenters. The second-order valence-electron chi connectivity index (χ2n) is 7.62. The van der Waals surface area contributed by atoms with E-state index in [0.717, 1.165) is 24.0 Å². The summed E-state index contributed by atoms with van der Waals surface area (Å²) in [6.45, 7) is 0.585. The third-order valence-electron chi connectivity index (χ3n) is 5.44. The molecule has 1 fully saturated rings. The third kappa shape index (κ3) is 4.28. The lowest BCUT2D eigenvalue weighted by molar-refractivity contribution is -0.118. The molecule has 2 aromatic carbocycles. The minimum atomic E-state index is -3.40. The van der Waals surface area contributed by atoms with Gasteiger partial charge in [0.15, 0.2) is 0 Å². The summed E-state index contributed by atoms with van der Waals surface area (Å²) >= 11 is 0. The second-order valence-corrected chi connectivity index (χ2v) is 9.58. The number of rotatable bonds is 6. The summed E-state index contributed by atoms with van der Waals surface area (Å²) in [4.78, 5) is 14.7. The van der Waals surface area contributed by atoms with Crippen LogP contribution in [-0.2, 0) is 27.7 Å². The smallest absolute Gasteiger partial charge is 0.235 e. The van der Waals surface area contributed by atoms with Crippen LogP contribution in [0.15, 0.2) is 42.5 Å². The zero-order chi connectivity index (χ0) is 20.4. The van der Waals surface area contributed by atoms with Crippen LogP contribution in [0.25, 0.3) is 0 Å². The molecule has 0 spiro atoms. The van der Waals surface area contributed by atoms with Crippen molar-refractivity contribution in [2.24, 2.45) is 0 Å². The number of benzene rings is 2. The van der Waals surface area contributed by atoms with Gasteiger partial charge >= 0.3 is 0 Å². The summed E-state index contributed by atoms with van der Waals surface area (Å²) in [5.41, 5.74) is 3.79. The highest BCUT2D eigenvalue weighted by Gasteiger charge is 2.37. The number of nitriles is 1. The highest BCUT2D eigenvalue weighted by Crippen LogP contribution is 2.38. The van der Waals surface area contributed by atoms with Crippen molar-refractivity contribution in [1.29, 1.82) is 5.26 Å². The van der Waals surface area contributed by atoms with E-state index in [1.54, 1.807) is 23.1 Å². The lowest BCUT2D eigenvalue weighted by Gasteiger charge is -2.32. The SMILES string of the molecule is N#Cc1ccc(CCC(=O)N2CCCc3cccc(NS(=O)(=O)C4CC4)c32)cc1. The van der Waals surface area contributed by atoms with E-state index in [1.807, 2.05) is 24.3 Å². The first kappa shape index (κ1) is 19.5. The van der Waals surface area contributed by atoms with Gasteiger partial charge in [-0.15, -0.1) is 0 Å². The summed E-state index contributed by atoms with van der Waals surface area (Å²) in [5, 5.41) is 8.58. The number of carbonyl (C=O) groups excluding carboxylic acids is 1. The lowest BCUT2D eigenvalue weighted by Crippen LogP contribution is -2.36. The van der Waals surface area contributed by atoms with Crippen molar-refractivity contribution in [1.82, 2.24) is 0 Å². The Bertz CT molecular complexity index is 1070. The first-order chi connectivity index (χ1) is 14.0. The van der Waals surface area contributed by atoms with Crippen molar-refractivity contribution < 1.29 is 13.2 Å². The largest absolute Gasteiger partial charge is 0.310 e. The molecule has 2 aromatic rings. The quantitative estimate of drug-likeness (QED) is 0.792. The van der Waals surface area contributed by atoms with Gasteiger partial charge in [0.1, 0.15) is 0 Å². The molecule has 1 saturated carbocycles. The average molecular weight is 410 g/mol. The van der Waals surface area contributed by atoms with E-state index in [1.165, 1.54) is 0 Å². The molecular formula is C22H23N3O3S. The minimum absolute atomic E-state index is 0.0200. The molecule has 150 valence electrons. The maximum absolute atomic E-state index is 13.0. The molecule has 0 radical (unpaired) electrons. The molecule has 1 N–H and O–H groups in total. The predicted octanol–water partition coefficient (Wildman–Crippen LogP) is 3.37. The van der Waals surface area contributed by atoms with Crippen molar-refractivity contribution in [3.05, 3.63) is 59.2 Å². The van der Waals surface area contributed by atoms with Gasteiger partial charge in [0.2, 0.25) is 15.9 Å². The lowest BCUT2D eigenvalue weighted by atomic mass is 9.99. The van der Waals surface area contributed by atoms with Crippen molar-refractivity contribution in [3.63, 3.8) is 0 Å². The maximum atomic E-state index is 13.0. The fraction of sp³-hybridized carbons (Fsp3) is 0.364. The van der Waals surface area contributed by atoms with Crippen molar-refractivity contribution in [2.45, 2.75) is 43.8 Å². The van der Waals surface area contributed by atoms with E-state index in [0.29, 0.717) is 49.2 Å². The Labute approximate surface area is 171 Å². The fourth-order valence-electron chi connectivity index (χ4n) is 3.73. The summed E-state index contributed by atoms with van der Waals surface area (Å²) < 4.78 is 27.6. The number of hydrogen-bond acceptors (Lipinski definition) is 4. The number of para-hydroxylation sites is 1. The number of amides is 1. The zero-order valence-electron chi connectivity index (χ0n) is 16.1. The van der Waals surface area contributed by atoms with Crippen molar-refractivity contribution in [2.75, 3.05) is 16.2 Å². The van der Waals surface area contributed by atoms with Crippen LogP contribution in [-0.4, -0.2) is 26.1 Å². The number of anilines is 2. The van der Waals surface area contributed by atoms with Crippen LogP contribution in [0.1, 0.15) is 42.4 Å². The van der Waals surface area contributed by atoms with Crippen LogP contribution in [0.4, 0.5) is 11.4 Å². The topological polar surface area (TPSA) is 90.3 Å². The van der Waals surface area contributed by atoms with Crippen LogP contribution >= 0.6 is 0 Å². The van der Waals surface area contributed by atoms with Gasteiger partial charge < -0.3 is 4.90 Å². The van der Waals surface area contributed by atoms with E-state index in [2.05, 4.69) is 10.8 Å². The van der Waals surface area contributed by atoms with Crippen LogP contribution in [0.5, 0.6) is 0 Å². The predicted molar refractivity (Wildman–Crippen MR) is 112 cm³/mol. The molecule has 1 heterocycles. The number of nitrogens with one attached hydrogen (secondary N) is 1. The third-order valence-corrected chi connectivity index (χ3v) is 7.30. The molecule has 7 heteroatoms. The number of fused-ring (bicyclic) bond motifs is 1. The average Bonchev–Trinajstić information content (AvgIpc) is 3.58. The molecule has 0 atom stereocenters. The number of aryl methyl sites for hydroxylation is 2. The molecule has 0 aromatic heterocycles. The van der Waals surface area contributed by atoms with Crippen LogP contribution in [0.2, 0.25) is 0 Å². The number of sulfonamides is 1. The summed E-state index contributed by atoms with van der Waals surface area (Å²) in [6.07, 6.45) is 3.97. The first-order valence-corrected chi connectivity index (χ1v) is 11.5. The van der Waals surface area contributed by atoms with E-state index in [-0.39, 0.29) is 11.2 Å². The monoisotopic (exact) mass is 409 g/mol. The van der Waals surface area contributed by atoms with E-state index in [4.69, 9.17) is 5.26 Å². The Morgan fingerprint density at radius 3 is 2.62 bits per heavy atom. The Morgan fingerprint density at radius 2 is 1.93 bits per heavy atom. The number of carbonyl (C=O) groups is 1. The van der Waals surface area contributed by atoms with Gasteiger partial charge in [0.25, 0.3) is 0 Å². The summed E-state index contributed by atoms with van der Waals surface area (Å²) in [7, 11) is -3.40. The minimum Gasteiger partial charge on any atom is -0.310 e. The summed E-state index contributed by atoms with van der Waals surface area (Å²) in [6, 6.07) is 14.9. The standard InChI is InChI=1S/C22H23N3O3S/c23-15-17-8-6-16(7-9-17)10-13-21(26)25-14-2-4-18-3-1-5-20(22(18)25)24-29(27,28)19-11-12-19/h1,3,5-9,19,24H,2,4,10-14H2. The van der Waals surface area contributed by atoms with Gasteiger partial charge in [-0.25, -0.2) is 8.42 Å². The Balaban J connectivity index is 1.53. The van der Waals surface area contributed by atoms with Gasteiger partial charge in [0.05, 0.1) is 28.3 Å². The highest BCUT2D eigenvalue weighted by molar-refractivity contribution is 7.93. The molecule has 4 rings (SSSR count).